The Morgan fingerprint density at radius 1 is 1.36 bits per heavy atom. The molecule has 4 aliphatic rings. The molecule has 0 radical (unpaired) electrons. The van der Waals surface area contributed by atoms with E-state index in [4.69, 9.17) is 11.6 Å². The van der Waals surface area contributed by atoms with Crippen molar-refractivity contribution in [1.29, 1.82) is 0 Å². The highest BCUT2D eigenvalue weighted by molar-refractivity contribution is 6.32. The van der Waals surface area contributed by atoms with Crippen LogP contribution in [0.2, 0.25) is 5.02 Å². The molecule has 1 aromatic heterocycles. The molecule has 2 N–H and O–H groups in total. The van der Waals surface area contributed by atoms with Crippen LogP contribution in [0.4, 0.5) is 5.69 Å². The number of rotatable bonds is 7. The van der Waals surface area contributed by atoms with Crippen molar-refractivity contribution in [2.24, 2.45) is 23.2 Å². The summed E-state index contributed by atoms with van der Waals surface area (Å²) in [4.78, 5) is 24.7. The first-order valence-electron chi connectivity index (χ1n) is 10.5. The predicted octanol–water partition coefficient (Wildman–Crippen LogP) is 4.12. The molecular formula is C21H30ClN3O3. The number of carbonyl (C=O) groups is 1. The van der Waals surface area contributed by atoms with Gasteiger partial charge in [-0.2, -0.15) is 5.10 Å². The Morgan fingerprint density at radius 3 is 2.64 bits per heavy atom. The molecule has 4 saturated carbocycles. The van der Waals surface area contributed by atoms with Crippen molar-refractivity contribution >= 4 is 23.3 Å². The molecule has 5 rings (SSSR count). The minimum Gasteiger partial charge on any atom is -0.481 e. The minimum atomic E-state index is -0.736. The van der Waals surface area contributed by atoms with E-state index in [1.54, 1.807) is 10.9 Å². The fourth-order valence-electron chi connectivity index (χ4n) is 6.57. The van der Waals surface area contributed by atoms with Gasteiger partial charge < -0.3 is 10.4 Å². The number of carboxylic acid groups (broad SMARTS) is 1. The number of carboxylic acids is 1. The number of aliphatic carboxylic acids is 1. The van der Waals surface area contributed by atoms with Gasteiger partial charge in [-0.15, -0.1) is 0 Å². The number of aromatic nitrogens is 2. The Balaban J connectivity index is 1.64. The van der Waals surface area contributed by atoms with Crippen molar-refractivity contribution in [3.63, 3.8) is 0 Å². The first-order chi connectivity index (χ1) is 13.2. The van der Waals surface area contributed by atoms with Gasteiger partial charge >= 0.3 is 5.97 Å². The molecule has 0 aromatic carbocycles. The monoisotopic (exact) mass is 407 g/mol. The van der Waals surface area contributed by atoms with E-state index >= 15 is 0 Å². The Kier molecular flexibility index (Phi) is 4.97. The molecule has 0 aliphatic heterocycles. The SMILES string of the molecule is CC(C)CCNc1cnn(C23CC4CC(CC(CC(=O)O)(C4)C2)C3)c(=O)c1Cl. The first kappa shape index (κ1) is 19.7. The molecule has 28 heavy (non-hydrogen) atoms. The van der Waals surface area contributed by atoms with Gasteiger partial charge in [-0.25, -0.2) is 4.68 Å². The van der Waals surface area contributed by atoms with Crippen molar-refractivity contribution in [1.82, 2.24) is 9.78 Å². The van der Waals surface area contributed by atoms with E-state index in [9.17, 15) is 14.7 Å². The summed E-state index contributed by atoms with van der Waals surface area (Å²) in [6.45, 7) is 5.05. The molecule has 0 amide bonds. The summed E-state index contributed by atoms with van der Waals surface area (Å²) < 4.78 is 1.61. The smallest absolute Gasteiger partial charge is 0.303 e. The Morgan fingerprint density at radius 2 is 2.04 bits per heavy atom. The maximum absolute atomic E-state index is 13.1. The lowest BCUT2D eigenvalue weighted by atomic mass is 9.46. The highest BCUT2D eigenvalue weighted by atomic mass is 35.5. The minimum absolute atomic E-state index is 0.194. The number of hydrogen-bond acceptors (Lipinski definition) is 4. The summed E-state index contributed by atoms with van der Waals surface area (Å²) in [7, 11) is 0. The predicted molar refractivity (Wildman–Crippen MR) is 109 cm³/mol. The van der Waals surface area contributed by atoms with Gasteiger partial charge in [0.05, 0.1) is 23.8 Å². The zero-order valence-electron chi connectivity index (χ0n) is 16.7. The first-order valence-corrected chi connectivity index (χ1v) is 10.8. The lowest BCUT2D eigenvalue weighted by molar-refractivity contribution is -0.151. The fraction of sp³-hybridized carbons (Fsp3) is 0.762. The van der Waals surface area contributed by atoms with Crippen molar-refractivity contribution < 1.29 is 9.90 Å². The Hall–Kier alpha value is -1.56. The average Bonchev–Trinajstić information content (AvgIpc) is 2.55. The molecule has 4 aliphatic carbocycles. The third-order valence-corrected chi connectivity index (χ3v) is 7.45. The van der Waals surface area contributed by atoms with Gasteiger partial charge in [-0.1, -0.05) is 25.4 Å². The highest BCUT2D eigenvalue weighted by Crippen LogP contribution is 2.65. The topological polar surface area (TPSA) is 84.2 Å². The maximum atomic E-state index is 13.1. The highest BCUT2D eigenvalue weighted by Gasteiger charge is 2.59. The van der Waals surface area contributed by atoms with Gasteiger partial charge in [0.15, 0.2) is 0 Å². The van der Waals surface area contributed by atoms with Crippen molar-refractivity contribution in [3.8, 4) is 0 Å². The van der Waals surface area contributed by atoms with Gasteiger partial charge in [-0.05, 0) is 68.1 Å². The van der Waals surface area contributed by atoms with Crippen LogP contribution in [0.3, 0.4) is 0 Å². The van der Waals surface area contributed by atoms with E-state index in [1.165, 1.54) is 0 Å². The normalized spacial score (nSPS) is 33.4. The third kappa shape index (κ3) is 3.44. The molecule has 4 bridgehead atoms. The average molecular weight is 408 g/mol. The van der Waals surface area contributed by atoms with Gasteiger partial charge in [0.1, 0.15) is 5.02 Å². The lowest BCUT2D eigenvalue weighted by Crippen LogP contribution is -2.59. The fourth-order valence-corrected chi connectivity index (χ4v) is 6.76. The second kappa shape index (κ2) is 7.05. The second-order valence-corrected chi connectivity index (χ2v) is 10.3. The molecule has 1 aromatic rings. The molecular weight excluding hydrogens is 378 g/mol. The summed E-state index contributed by atoms with van der Waals surface area (Å²) in [6.07, 6.45) is 8.49. The van der Waals surface area contributed by atoms with E-state index in [0.717, 1.165) is 51.5 Å². The van der Waals surface area contributed by atoms with E-state index in [0.29, 0.717) is 23.4 Å². The Bertz CT molecular complexity index is 821. The summed E-state index contributed by atoms with van der Waals surface area (Å²) in [5.41, 5.74) is -0.230. The molecule has 2 atom stereocenters. The summed E-state index contributed by atoms with van der Waals surface area (Å²) in [5, 5.41) is 17.4. The van der Waals surface area contributed by atoms with Crippen LogP contribution in [-0.4, -0.2) is 27.4 Å². The molecule has 2 unspecified atom stereocenters. The zero-order chi connectivity index (χ0) is 20.1. The summed E-state index contributed by atoms with van der Waals surface area (Å²) in [5.74, 6) is 0.797. The van der Waals surface area contributed by atoms with Crippen LogP contribution >= 0.6 is 11.6 Å². The van der Waals surface area contributed by atoms with Crippen LogP contribution in [0.15, 0.2) is 11.0 Å². The molecule has 0 saturated heterocycles. The van der Waals surface area contributed by atoms with Gasteiger partial charge in [0.2, 0.25) is 0 Å². The van der Waals surface area contributed by atoms with Crippen molar-refractivity contribution in [2.45, 2.75) is 70.8 Å². The number of nitrogens with zero attached hydrogens (tertiary/aromatic N) is 2. The second-order valence-electron chi connectivity index (χ2n) is 9.95. The lowest BCUT2D eigenvalue weighted by Gasteiger charge is -2.61. The summed E-state index contributed by atoms with van der Waals surface area (Å²) in [6, 6.07) is 0. The van der Waals surface area contributed by atoms with Crippen LogP contribution in [0.1, 0.15) is 65.2 Å². The van der Waals surface area contributed by atoms with E-state index in [2.05, 4.69) is 24.3 Å². The Labute approximate surface area is 170 Å². The number of anilines is 1. The van der Waals surface area contributed by atoms with E-state index in [1.807, 2.05) is 0 Å². The summed E-state index contributed by atoms with van der Waals surface area (Å²) >= 11 is 6.44. The number of nitrogens with one attached hydrogen (secondary N) is 1. The standard InChI is InChI=1S/C21H30ClN3O3/c1-13(2)3-4-23-16-11-24-25(19(28)18(16)22)21-8-14-5-15(9-21)7-20(6-14,12-21)10-17(26)27/h11,13-15,23H,3-10,12H2,1-2H3,(H,26,27). The van der Waals surface area contributed by atoms with Gasteiger partial charge in [0, 0.05) is 6.54 Å². The molecule has 154 valence electrons. The van der Waals surface area contributed by atoms with Crippen molar-refractivity contribution in [2.75, 3.05) is 11.9 Å². The maximum Gasteiger partial charge on any atom is 0.303 e. The van der Waals surface area contributed by atoms with E-state index < -0.39 is 5.97 Å². The largest absolute Gasteiger partial charge is 0.481 e. The van der Waals surface area contributed by atoms with Crippen LogP contribution in [-0.2, 0) is 10.3 Å². The molecule has 6 nitrogen and oxygen atoms in total. The van der Waals surface area contributed by atoms with Crippen LogP contribution in [0.5, 0.6) is 0 Å². The van der Waals surface area contributed by atoms with Crippen LogP contribution in [0.25, 0.3) is 0 Å². The quantitative estimate of drug-likeness (QED) is 0.710. The molecule has 0 spiro atoms. The van der Waals surface area contributed by atoms with Crippen LogP contribution < -0.4 is 10.9 Å². The van der Waals surface area contributed by atoms with E-state index in [-0.39, 0.29) is 28.0 Å². The zero-order valence-corrected chi connectivity index (χ0v) is 17.5. The molecule has 4 fully saturated rings. The third-order valence-electron chi connectivity index (χ3n) is 7.08. The number of halogens is 1. The van der Waals surface area contributed by atoms with Crippen molar-refractivity contribution in [3.05, 3.63) is 21.6 Å². The molecule has 1 heterocycles. The molecule has 7 heteroatoms. The van der Waals surface area contributed by atoms with Gasteiger partial charge in [0.25, 0.3) is 5.56 Å². The number of hydrogen-bond donors (Lipinski definition) is 2. The van der Waals surface area contributed by atoms with Crippen LogP contribution in [0, 0.1) is 23.2 Å². The van der Waals surface area contributed by atoms with Gasteiger partial charge in [-0.3, -0.25) is 9.59 Å².